The van der Waals surface area contributed by atoms with Crippen molar-refractivity contribution in [1.82, 2.24) is 4.98 Å². The summed E-state index contributed by atoms with van der Waals surface area (Å²) in [7, 11) is -3.86. The average Bonchev–Trinajstić information content (AvgIpc) is 2.27. The van der Waals surface area contributed by atoms with Crippen LogP contribution in [0.5, 0.6) is 0 Å². The number of nitrogen functional groups attached to an aromatic ring is 1. The highest BCUT2D eigenvalue weighted by atomic mass is 79.9. The first-order chi connectivity index (χ1) is 8.88. The third-order valence-electron chi connectivity index (χ3n) is 2.20. The second-order valence-corrected chi connectivity index (χ2v) is 6.15. The zero-order valence-corrected chi connectivity index (χ0v) is 11.9. The second kappa shape index (κ2) is 5.14. The monoisotopic (exact) mass is 345 g/mol. The van der Waals surface area contributed by atoms with Gasteiger partial charge in [-0.1, -0.05) is 6.07 Å². The molecule has 5 nitrogen and oxygen atoms in total. The number of hydrogen-bond acceptors (Lipinski definition) is 4. The van der Waals surface area contributed by atoms with Crippen molar-refractivity contribution in [3.8, 4) is 0 Å². The summed E-state index contributed by atoms with van der Waals surface area (Å²) in [5, 5.41) is 0. The van der Waals surface area contributed by atoms with Gasteiger partial charge in [-0.05, 0) is 46.3 Å². The number of halogens is 2. The Morgan fingerprint density at radius 3 is 2.63 bits per heavy atom. The molecule has 19 heavy (non-hydrogen) atoms. The van der Waals surface area contributed by atoms with Gasteiger partial charge in [0.25, 0.3) is 10.0 Å². The maximum Gasteiger partial charge on any atom is 0.264 e. The van der Waals surface area contributed by atoms with Gasteiger partial charge >= 0.3 is 0 Å². The van der Waals surface area contributed by atoms with Crippen LogP contribution in [0.2, 0.25) is 0 Å². The van der Waals surface area contributed by atoms with E-state index in [1.54, 1.807) is 0 Å². The largest absolute Gasteiger partial charge is 0.399 e. The summed E-state index contributed by atoms with van der Waals surface area (Å²) in [6, 6.07) is 8.11. The summed E-state index contributed by atoms with van der Waals surface area (Å²) in [5.41, 5.74) is 5.96. The molecule has 0 spiro atoms. The fourth-order valence-electron chi connectivity index (χ4n) is 1.39. The molecule has 0 fully saturated rings. The first-order valence-corrected chi connectivity index (χ1v) is 7.36. The molecule has 0 saturated heterocycles. The second-order valence-electron chi connectivity index (χ2n) is 3.64. The van der Waals surface area contributed by atoms with E-state index >= 15 is 0 Å². The average molecular weight is 346 g/mol. The number of pyridine rings is 1. The summed E-state index contributed by atoms with van der Waals surface area (Å²) >= 11 is 3.12. The van der Waals surface area contributed by atoms with E-state index in [4.69, 9.17) is 5.73 Å². The SMILES string of the molecule is Nc1ccc(S(=O)(=O)Nc2cccc(F)n2)c(Br)c1. The van der Waals surface area contributed by atoms with Crippen LogP contribution in [0.1, 0.15) is 0 Å². The Labute approximate surface area is 117 Å². The van der Waals surface area contributed by atoms with Crippen LogP contribution in [0, 0.1) is 5.95 Å². The molecular weight excluding hydrogens is 337 g/mol. The molecule has 0 unspecified atom stereocenters. The van der Waals surface area contributed by atoms with Gasteiger partial charge < -0.3 is 5.73 Å². The molecule has 0 aliphatic carbocycles. The fraction of sp³-hybridized carbons (Fsp3) is 0. The number of nitrogens with two attached hydrogens (primary N) is 1. The van der Waals surface area contributed by atoms with Crippen LogP contribution in [0.25, 0.3) is 0 Å². The zero-order chi connectivity index (χ0) is 14.0. The summed E-state index contributed by atoms with van der Waals surface area (Å²) in [6.45, 7) is 0. The van der Waals surface area contributed by atoms with Crippen LogP contribution < -0.4 is 10.5 Å². The molecule has 1 aromatic heterocycles. The number of hydrogen-bond donors (Lipinski definition) is 2. The standard InChI is InChI=1S/C11H9BrFN3O2S/c12-8-6-7(14)4-5-9(8)19(17,18)16-11-3-1-2-10(13)15-11/h1-6H,14H2,(H,15,16). The van der Waals surface area contributed by atoms with Crippen molar-refractivity contribution in [2.24, 2.45) is 0 Å². The van der Waals surface area contributed by atoms with E-state index in [0.29, 0.717) is 10.2 Å². The molecule has 2 rings (SSSR count). The molecule has 1 aromatic carbocycles. The molecule has 0 amide bonds. The van der Waals surface area contributed by atoms with Crippen LogP contribution in [-0.4, -0.2) is 13.4 Å². The van der Waals surface area contributed by atoms with Gasteiger partial charge in [0.1, 0.15) is 10.7 Å². The van der Waals surface area contributed by atoms with E-state index in [1.807, 2.05) is 0 Å². The van der Waals surface area contributed by atoms with E-state index in [9.17, 15) is 12.8 Å². The van der Waals surface area contributed by atoms with Gasteiger partial charge in [-0.3, -0.25) is 4.72 Å². The quantitative estimate of drug-likeness (QED) is 0.660. The number of sulfonamides is 1. The molecule has 0 saturated carbocycles. The van der Waals surface area contributed by atoms with Gasteiger partial charge in [0.05, 0.1) is 0 Å². The van der Waals surface area contributed by atoms with Crippen LogP contribution in [-0.2, 0) is 10.0 Å². The Kier molecular flexibility index (Phi) is 3.72. The molecule has 1 heterocycles. The van der Waals surface area contributed by atoms with Crippen molar-refractivity contribution in [2.75, 3.05) is 10.5 Å². The number of aromatic nitrogens is 1. The molecule has 0 bridgehead atoms. The van der Waals surface area contributed by atoms with Gasteiger partial charge in [0.15, 0.2) is 0 Å². The lowest BCUT2D eigenvalue weighted by molar-refractivity contribution is 0.584. The lowest BCUT2D eigenvalue weighted by Crippen LogP contribution is -2.14. The number of benzene rings is 1. The highest BCUT2D eigenvalue weighted by molar-refractivity contribution is 9.10. The number of nitrogens with zero attached hydrogens (tertiary/aromatic N) is 1. The van der Waals surface area contributed by atoms with Crippen molar-refractivity contribution >= 4 is 37.5 Å². The smallest absolute Gasteiger partial charge is 0.264 e. The van der Waals surface area contributed by atoms with Gasteiger partial charge in [-0.25, -0.2) is 13.4 Å². The van der Waals surface area contributed by atoms with E-state index < -0.39 is 16.0 Å². The molecular formula is C11H9BrFN3O2S. The van der Waals surface area contributed by atoms with E-state index in [0.717, 1.165) is 6.07 Å². The predicted molar refractivity (Wildman–Crippen MR) is 73.6 cm³/mol. The third kappa shape index (κ3) is 3.21. The molecule has 0 aliphatic heterocycles. The summed E-state index contributed by atoms with van der Waals surface area (Å²) < 4.78 is 39.6. The Balaban J connectivity index is 2.38. The summed E-state index contributed by atoms with van der Waals surface area (Å²) in [4.78, 5) is 3.43. The maximum absolute atomic E-state index is 12.9. The number of nitrogens with one attached hydrogen (secondary N) is 1. The third-order valence-corrected chi connectivity index (χ3v) is 4.53. The van der Waals surface area contributed by atoms with E-state index in [2.05, 4.69) is 25.6 Å². The topological polar surface area (TPSA) is 85.1 Å². The van der Waals surface area contributed by atoms with E-state index in [1.165, 1.54) is 30.3 Å². The molecule has 0 atom stereocenters. The van der Waals surface area contributed by atoms with Gasteiger partial charge in [0.2, 0.25) is 5.95 Å². The summed E-state index contributed by atoms with van der Waals surface area (Å²) in [6.07, 6.45) is 0. The molecule has 8 heteroatoms. The van der Waals surface area contributed by atoms with Crippen LogP contribution in [0.15, 0.2) is 45.8 Å². The van der Waals surface area contributed by atoms with Gasteiger partial charge in [-0.2, -0.15) is 4.39 Å². The highest BCUT2D eigenvalue weighted by Crippen LogP contribution is 2.25. The van der Waals surface area contributed by atoms with Crippen molar-refractivity contribution < 1.29 is 12.8 Å². The molecule has 3 N–H and O–H groups in total. The van der Waals surface area contributed by atoms with Gasteiger partial charge in [-0.15, -0.1) is 0 Å². The highest BCUT2D eigenvalue weighted by Gasteiger charge is 2.18. The Morgan fingerprint density at radius 1 is 1.26 bits per heavy atom. The van der Waals surface area contributed by atoms with Crippen LogP contribution in [0.4, 0.5) is 15.9 Å². The first kappa shape index (κ1) is 13.8. The molecule has 0 radical (unpaired) electrons. The van der Waals surface area contributed by atoms with E-state index in [-0.39, 0.29) is 10.7 Å². The maximum atomic E-state index is 12.9. The van der Waals surface area contributed by atoms with Crippen molar-refractivity contribution in [2.45, 2.75) is 4.90 Å². The normalized spacial score (nSPS) is 11.3. The minimum absolute atomic E-state index is 0.00670. The zero-order valence-electron chi connectivity index (χ0n) is 9.47. The number of anilines is 2. The summed E-state index contributed by atoms with van der Waals surface area (Å²) in [5.74, 6) is -0.861. The first-order valence-electron chi connectivity index (χ1n) is 5.09. The fourth-order valence-corrected chi connectivity index (χ4v) is 3.49. The van der Waals surface area contributed by atoms with Gasteiger partial charge in [0, 0.05) is 10.2 Å². The Hall–Kier alpha value is -1.67. The van der Waals surface area contributed by atoms with Crippen molar-refractivity contribution in [3.63, 3.8) is 0 Å². The minimum atomic E-state index is -3.86. The van der Waals surface area contributed by atoms with Crippen LogP contribution in [0.3, 0.4) is 0 Å². The molecule has 100 valence electrons. The lowest BCUT2D eigenvalue weighted by atomic mass is 10.3. The lowest BCUT2D eigenvalue weighted by Gasteiger charge is -2.09. The number of rotatable bonds is 3. The Morgan fingerprint density at radius 2 is 2.00 bits per heavy atom. The minimum Gasteiger partial charge on any atom is -0.399 e. The predicted octanol–water partition coefficient (Wildman–Crippen LogP) is 2.37. The van der Waals surface area contributed by atoms with Crippen molar-refractivity contribution in [1.29, 1.82) is 0 Å². The molecule has 2 aromatic rings. The van der Waals surface area contributed by atoms with Crippen molar-refractivity contribution in [3.05, 3.63) is 46.8 Å². The van der Waals surface area contributed by atoms with Crippen LogP contribution >= 0.6 is 15.9 Å². The molecule has 0 aliphatic rings. The Bertz CT molecular complexity index is 722.